The third-order valence-corrected chi connectivity index (χ3v) is 4.28. The summed E-state index contributed by atoms with van der Waals surface area (Å²) in [6, 6.07) is 2.48. The first-order valence-electron chi connectivity index (χ1n) is 6.51. The van der Waals surface area contributed by atoms with Gasteiger partial charge in [0.15, 0.2) is 0 Å². The molecule has 18 heavy (non-hydrogen) atoms. The van der Waals surface area contributed by atoms with Gasteiger partial charge in [-0.2, -0.15) is 0 Å². The standard InChI is InChI=1S/C14H18BrF2N/c1-2-18-14(9-5-3-4-6-9)10-7-13(17)11(15)8-12(10)16/h7-9,14,18H,2-6H2,1H3. The molecule has 1 aromatic carbocycles. The summed E-state index contributed by atoms with van der Waals surface area (Å²) < 4.78 is 27.8. The molecule has 1 fully saturated rings. The maximum absolute atomic E-state index is 14.0. The van der Waals surface area contributed by atoms with Gasteiger partial charge in [-0.15, -0.1) is 0 Å². The van der Waals surface area contributed by atoms with E-state index in [-0.39, 0.29) is 16.3 Å². The number of hydrogen-bond donors (Lipinski definition) is 1. The van der Waals surface area contributed by atoms with E-state index in [9.17, 15) is 8.78 Å². The Hall–Kier alpha value is -0.480. The molecule has 0 bridgehead atoms. The molecular formula is C14H18BrF2N. The van der Waals surface area contributed by atoms with Crippen molar-refractivity contribution < 1.29 is 8.78 Å². The fourth-order valence-electron chi connectivity index (χ4n) is 2.82. The minimum Gasteiger partial charge on any atom is -0.310 e. The molecule has 1 aliphatic carbocycles. The molecule has 2 rings (SSSR count). The van der Waals surface area contributed by atoms with Crippen LogP contribution in [0.5, 0.6) is 0 Å². The average Bonchev–Trinajstić information content (AvgIpc) is 2.85. The number of nitrogens with one attached hydrogen (secondary N) is 1. The Kier molecular flexibility index (Phi) is 4.73. The first-order valence-corrected chi connectivity index (χ1v) is 7.30. The average molecular weight is 318 g/mol. The van der Waals surface area contributed by atoms with Gasteiger partial charge in [-0.3, -0.25) is 0 Å². The largest absolute Gasteiger partial charge is 0.310 e. The van der Waals surface area contributed by atoms with Gasteiger partial charge >= 0.3 is 0 Å². The zero-order chi connectivity index (χ0) is 13.1. The summed E-state index contributed by atoms with van der Waals surface area (Å²) in [5.74, 6) is -0.312. The Morgan fingerprint density at radius 1 is 1.28 bits per heavy atom. The van der Waals surface area contributed by atoms with Gasteiger partial charge in [0.05, 0.1) is 4.47 Å². The molecule has 1 aromatic rings. The molecule has 1 N–H and O–H groups in total. The molecule has 1 saturated carbocycles. The maximum Gasteiger partial charge on any atom is 0.137 e. The van der Waals surface area contributed by atoms with Crippen LogP contribution in [0.2, 0.25) is 0 Å². The molecule has 0 saturated heterocycles. The third kappa shape index (κ3) is 2.91. The molecular weight excluding hydrogens is 300 g/mol. The fraction of sp³-hybridized carbons (Fsp3) is 0.571. The fourth-order valence-corrected chi connectivity index (χ4v) is 3.13. The highest BCUT2D eigenvalue weighted by molar-refractivity contribution is 9.10. The normalized spacial score (nSPS) is 18.2. The molecule has 0 aliphatic heterocycles. The Labute approximate surface area is 115 Å². The summed E-state index contributed by atoms with van der Waals surface area (Å²) in [5, 5.41) is 3.31. The van der Waals surface area contributed by atoms with Gasteiger partial charge in [0.1, 0.15) is 11.6 Å². The Morgan fingerprint density at radius 2 is 1.94 bits per heavy atom. The molecule has 1 atom stereocenters. The van der Waals surface area contributed by atoms with Gasteiger partial charge in [0.25, 0.3) is 0 Å². The van der Waals surface area contributed by atoms with Gasteiger partial charge in [0.2, 0.25) is 0 Å². The molecule has 0 aromatic heterocycles. The van der Waals surface area contributed by atoms with Crippen molar-refractivity contribution in [2.45, 2.75) is 38.6 Å². The van der Waals surface area contributed by atoms with Crippen LogP contribution in [0.15, 0.2) is 16.6 Å². The van der Waals surface area contributed by atoms with E-state index in [0.29, 0.717) is 11.5 Å². The molecule has 1 unspecified atom stereocenters. The predicted octanol–water partition coefficient (Wildman–Crippen LogP) is 4.57. The minimum atomic E-state index is -0.396. The van der Waals surface area contributed by atoms with E-state index in [0.717, 1.165) is 19.4 Å². The van der Waals surface area contributed by atoms with Crippen LogP contribution in [0.25, 0.3) is 0 Å². The number of hydrogen-bond acceptors (Lipinski definition) is 1. The van der Waals surface area contributed by atoms with Crippen molar-refractivity contribution in [3.05, 3.63) is 33.8 Å². The van der Waals surface area contributed by atoms with Crippen molar-refractivity contribution in [2.24, 2.45) is 5.92 Å². The first-order chi connectivity index (χ1) is 8.63. The van der Waals surface area contributed by atoms with E-state index in [1.54, 1.807) is 0 Å². The first kappa shape index (κ1) is 13.9. The SMILES string of the molecule is CCNC(c1cc(F)c(Br)cc1F)C1CCCC1. The van der Waals surface area contributed by atoms with Crippen LogP contribution in [-0.2, 0) is 0 Å². The molecule has 4 heteroatoms. The predicted molar refractivity (Wildman–Crippen MR) is 72.4 cm³/mol. The van der Waals surface area contributed by atoms with Crippen molar-refractivity contribution in [3.63, 3.8) is 0 Å². The van der Waals surface area contributed by atoms with Gasteiger partial charge in [0, 0.05) is 11.6 Å². The highest BCUT2D eigenvalue weighted by Gasteiger charge is 2.28. The zero-order valence-electron chi connectivity index (χ0n) is 10.5. The summed E-state index contributed by atoms with van der Waals surface area (Å²) in [4.78, 5) is 0. The van der Waals surface area contributed by atoms with Crippen LogP contribution in [-0.4, -0.2) is 6.54 Å². The number of halogens is 3. The lowest BCUT2D eigenvalue weighted by Crippen LogP contribution is -2.28. The lowest BCUT2D eigenvalue weighted by molar-refractivity contribution is 0.361. The molecule has 1 nitrogen and oxygen atoms in total. The van der Waals surface area contributed by atoms with Crippen LogP contribution in [0.3, 0.4) is 0 Å². The Bertz CT molecular complexity index is 417. The second kappa shape index (κ2) is 6.11. The van der Waals surface area contributed by atoms with Gasteiger partial charge < -0.3 is 5.32 Å². The van der Waals surface area contributed by atoms with Crippen molar-refractivity contribution >= 4 is 15.9 Å². The monoisotopic (exact) mass is 317 g/mol. The molecule has 100 valence electrons. The molecule has 0 heterocycles. The molecule has 0 radical (unpaired) electrons. The Morgan fingerprint density at radius 3 is 2.56 bits per heavy atom. The summed E-state index contributed by atoms with van der Waals surface area (Å²) in [6.45, 7) is 2.76. The minimum absolute atomic E-state index is 0.0694. The van der Waals surface area contributed by atoms with Crippen molar-refractivity contribution in [1.82, 2.24) is 5.32 Å². The zero-order valence-corrected chi connectivity index (χ0v) is 12.1. The second-order valence-corrected chi connectivity index (χ2v) is 5.72. The van der Waals surface area contributed by atoms with Crippen molar-refractivity contribution in [2.75, 3.05) is 6.54 Å². The van der Waals surface area contributed by atoms with Gasteiger partial charge in [-0.05, 0) is 53.4 Å². The van der Waals surface area contributed by atoms with E-state index in [4.69, 9.17) is 0 Å². The van der Waals surface area contributed by atoms with Crippen molar-refractivity contribution in [3.8, 4) is 0 Å². The maximum atomic E-state index is 14.0. The van der Waals surface area contributed by atoms with Gasteiger partial charge in [-0.25, -0.2) is 8.78 Å². The summed E-state index contributed by atoms with van der Waals surface area (Å²) in [6.07, 6.45) is 4.56. The van der Waals surface area contributed by atoms with Crippen LogP contribution < -0.4 is 5.32 Å². The third-order valence-electron chi connectivity index (χ3n) is 3.67. The lowest BCUT2D eigenvalue weighted by Gasteiger charge is -2.25. The molecule has 1 aliphatic rings. The summed E-state index contributed by atoms with van der Waals surface area (Å²) >= 11 is 3.02. The van der Waals surface area contributed by atoms with Crippen molar-refractivity contribution in [1.29, 1.82) is 0 Å². The topological polar surface area (TPSA) is 12.0 Å². The van der Waals surface area contributed by atoms with E-state index in [1.807, 2.05) is 6.92 Å². The van der Waals surface area contributed by atoms with Crippen LogP contribution >= 0.6 is 15.9 Å². The molecule has 0 spiro atoms. The summed E-state index contributed by atoms with van der Waals surface area (Å²) in [7, 11) is 0. The number of benzene rings is 1. The smallest absolute Gasteiger partial charge is 0.137 e. The highest BCUT2D eigenvalue weighted by Crippen LogP contribution is 2.37. The van der Waals surface area contributed by atoms with E-state index >= 15 is 0 Å². The van der Waals surface area contributed by atoms with E-state index in [1.165, 1.54) is 25.0 Å². The summed E-state index contributed by atoms with van der Waals surface area (Å²) in [5.41, 5.74) is 0.462. The van der Waals surface area contributed by atoms with Gasteiger partial charge in [-0.1, -0.05) is 19.8 Å². The highest BCUT2D eigenvalue weighted by atomic mass is 79.9. The van der Waals surface area contributed by atoms with Crippen LogP contribution in [0, 0.1) is 17.6 Å². The number of rotatable bonds is 4. The lowest BCUT2D eigenvalue weighted by atomic mass is 9.91. The Balaban J connectivity index is 2.32. The van der Waals surface area contributed by atoms with E-state index in [2.05, 4.69) is 21.2 Å². The van der Waals surface area contributed by atoms with E-state index < -0.39 is 5.82 Å². The molecule has 0 amide bonds. The van der Waals surface area contributed by atoms with Crippen LogP contribution in [0.1, 0.15) is 44.2 Å². The second-order valence-electron chi connectivity index (χ2n) is 4.87. The van der Waals surface area contributed by atoms with Crippen LogP contribution in [0.4, 0.5) is 8.78 Å². The quantitative estimate of drug-likeness (QED) is 0.802.